The second-order valence-electron chi connectivity index (χ2n) is 6.69. The zero-order valence-corrected chi connectivity index (χ0v) is 15.3. The van der Waals surface area contributed by atoms with Crippen LogP contribution in [0.15, 0.2) is 59.4 Å². The summed E-state index contributed by atoms with van der Waals surface area (Å²) in [5, 5.41) is 5.76. The van der Waals surface area contributed by atoms with Crippen molar-refractivity contribution in [3.63, 3.8) is 0 Å². The predicted molar refractivity (Wildman–Crippen MR) is 103 cm³/mol. The molecule has 1 heterocycles. The van der Waals surface area contributed by atoms with Gasteiger partial charge in [-0.1, -0.05) is 48.5 Å². The van der Waals surface area contributed by atoms with Crippen molar-refractivity contribution in [1.29, 1.82) is 0 Å². The number of benzene rings is 2. The van der Waals surface area contributed by atoms with Crippen molar-refractivity contribution >= 4 is 16.7 Å². The van der Waals surface area contributed by atoms with Crippen molar-refractivity contribution in [3.8, 4) is 0 Å². The normalized spacial score (nSPS) is 11.1. The SMILES string of the molecule is Cc1nn(CC(=O)N(Cc2ccccc2)C(C)C)c(=O)c2ccccc12. The van der Waals surface area contributed by atoms with Crippen LogP contribution in [0.25, 0.3) is 10.8 Å². The number of aromatic nitrogens is 2. The summed E-state index contributed by atoms with van der Waals surface area (Å²) in [7, 11) is 0. The third-order valence-electron chi connectivity index (χ3n) is 4.48. The largest absolute Gasteiger partial charge is 0.334 e. The van der Waals surface area contributed by atoms with E-state index in [9.17, 15) is 9.59 Å². The fourth-order valence-electron chi connectivity index (χ4n) is 3.07. The van der Waals surface area contributed by atoms with Crippen LogP contribution in [0.4, 0.5) is 0 Å². The molecule has 0 radical (unpaired) electrons. The molecule has 3 rings (SSSR count). The summed E-state index contributed by atoms with van der Waals surface area (Å²) in [6, 6.07) is 17.2. The molecule has 0 bridgehead atoms. The minimum absolute atomic E-state index is 0.0277. The van der Waals surface area contributed by atoms with Crippen LogP contribution in [-0.4, -0.2) is 26.6 Å². The first-order chi connectivity index (χ1) is 12.5. The molecule has 2 aromatic carbocycles. The number of hydrogen-bond donors (Lipinski definition) is 0. The second-order valence-corrected chi connectivity index (χ2v) is 6.69. The van der Waals surface area contributed by atoms with Crippen LogP contribution in [0.3, 0.4) is 0 Å². The Morgan fingerprint density at radius 3 is 2.31 bits per heavy atom. The van der Waals surface area contributed by atoms with Crippen LogP contribution in [0.5, 0.6) is 0 Å². The highest BCUT2D eigenvalue weighted by Crippen LogP contribution is 2.13. The molecular formula is C21H23N3O2. The molecule has 5 heteroatoms. The Labute approximate surface area is 152 Å². The van der Waals surface area contributed by atoms with E-state index in [0.717, 1.165) is 16.6 Å². The minimum atomic E-state index is -0.233. The summed E-state index contributed by atoms with van der Waals surface area (Å²) in [5.41, 5.74) is 1.57. The first-order valence-electron chi connectivity index (χ1n) is 8.77. The molecule has 0 saturated heterocycles. The number of fused-ring (bicyclic) bond motifs is 1. The first kappa shape index (κ1) is 17.9. The lowest BCUT2D eigenvalue weighted by molar-refractivity contribution is -0.134. The van der Waals surface area contributed by atoms with Crippen LogP contribution in [0.1, 0.15) is 25.1 Å². The Hall–Kier alpha value is -2.95. The molecule has 26 heavy (non-hydrogen) atoms. The van der Waals surface area contributed by atoms with Crippen LogP contribution >= 0.6 is 0 Å². The van der Waals surface area contributed by atoms with Crippen molar-refractivity contribution in [1.82, 2.24) is 14.7 Å². The highest BCUT2D eigenvalue weighted by Gasteiger charge is 2.19. The zero-order valence-electron chi connectivity index (χ0n) is 15.3. The summed E-state index contributed by atoms with van der Waals surface area (Å²) >= 11 is 0. The number of amides is 1. The molecule has 5 nitrogen and oxygen atoms in total. The molecule has 134 valence electrons. The van der Waals surface area contributed by atoms with E-state index in [2.05, 4.69) is 5.10 Å². The fourth-order valence-corrected chi connectivity index (χ4v) is 3.07. The third-order valence-corrected chi connectivity index (χ3v) is 4.48. The molecule has 0 N–H and O–H groups in total. The molecule has 0 aliphatic rings. The molecule has 0 saturated carbocycles. The molecule has 3 aromatic rings. The maximum atomic E-state index is 12.9. The van der Waals surface area contributed by atoms with Gasteiger partial charge in [-0.05, 0) is 32.4 Å². The van der Waals surface area contributed by atoms with Crippen LogP contribution in [0.2, 0.25) is 0 Å². The highest BCUT2D eigenvalue weighted by atomic mass is 16.2. The Kier molecular flexibility index (Phi) is 5.16. The van der Waals surface area contributed by atoms with Gasteiger partial charge in [0.25, 0.3) is 5.56 Å². The van der Waals surface area contributed by atoms with Crippen molar-refractivity contribution in [2.45, 2.75) is 39.9 Å². The van der Waals surface area contributed by atoms with Crippen LogP contribution in [0, 0.1) is 6.92 Å². The average molecular weight is 349 g/mol. The van der Waals surface area contributed by atoms with Crippen LogP contribution < -0.4 is 5.56 Å². The van der Waals surface area contributed by atoms with Crippen molar-refractivity contribution in [3.05, 3.63) is 76.2 Å². The van der Waals surface area contributed by atoms with E-state index in [4.69, 9.17) is 0 Å². The van der Waals surface area contributed by atoms with E-state index >= 15 is 0 Å². The molecule has 0 fully saturated rings. The van der Waals surface area contributed by atoms with Crippen molar-refractivity contribution in [2.24, 2.45) is 0 Å². The Bertz CT molecular complexity index is 977. The molecule has 1 amide bonds. The molecule has 0 atom stereocenters. The van der Waals surface area contributed by atoms with Gasteiger partial charge >= 0.3 is 0 Å². The van der Waals surface area contributed by atoms with Gasteiger partial charge in [-0.2, -0.15) is 5.10 Å². The Morgan fingerprint density at radius 1 is 1.04 bits per heavy atom. The molecular weight excluding hydrogens is 326 g/mol. The third kappa shape index (κ3) is 3.67. The lowest BCUT2D eigenvalue weighted by Crippen LogP contribution is -2.41. The van der Waals surface area contributed by atoms with Gasteiger partial charge < -0.3 is 4.90 Å². The van der Waals surface area contributed by atoms with Gasteiger partial charge in [0.1, 0.15) is 6.54 Å². The van der Waals surface area contributed by atoms with Crippen molar-refractivity contribution in [2.75, 3.05) is 0 Å². The maximum absolute atomic E-state index is 12.9. The van der Waals surface area contributed by atoms with Gasteiger partial charge in [-0.3, -0.25) is 9.59 Å². The van der Waals surface area contributed by atoms with Gasteiger partial charge in [0.2, 0.25) is 5.91 Å². The van der Waals surface area contributed by atoms with Crippen molar-refractivity contribution < 1.29 is 4.79 Å². The van der Waals surface area contributed by atoms with E-state index in [-0.39, 0.29) is 24.1 Å². The average Bonchev–Trinajstić information content (AvgIpc) is 2.64. The van der Waals surface area contributed by atoms with Gasteiger partial charge in [0.15, 0.2) is 0 Å². The lowest BCUT2D eigenvalue weighted by atomic mass is 10.1. The van der Waals surface area contributed by atoms with E-state index in [1.807, 2.05) is 69.3 Å². The molecule has 0 aliphatic heterocycles. The Balaban J connectivity index is 1.89. The standard InChI is InChI=1S/C21H23N3O2/c1-15(2)23(13-17-9-5-4-6-10-17)20(25)14-24-21(26)19-12-8-7-11-18(19)16(3)22-24/h4-12,15H,13-14H2,1-3H3. The Morgan fingerprint density at radius 2 is 1.65 bits per heavy atom. The monoisotopic (exact) mass is 349 g/mol. The number of rotatable bonds is 5. The molecule has 1 aromatic heterocycles. The quantitative estimate of drug-likeness (QED) is 0.711. The number of hydrogen-bond acceptors (Lipinski definition) is 3. The first-order valence-corrected chi connectivity index (χ1v) is 8.77. The smallest absolute Gasteiger partial charge is 0.275 e. The number of carbonyl (C=O) groups excluding carboxylic acids is 1. The number of aryl methyl sites for hydroxylation is 1. The summed E-state index contributed by atoms with van der Waals surface area (Å²) in [6.07, 6.45) is 0. The maximum Gasteiger partial charge on any atom is 0.275 e. The minimum Gasteiger partial charge on any atom is -0.334 e. The zero-order chi connectivity index (χ0) is 18.7. The predicted octanol–water partition coefficient (Wildman–Crippen LogP) is 3.14. The van der Waals surface area contributed by atoms with Gasteiger partial charge in [-0.15, -0.1) is 0 Å². The fraction of sp³-hybridized carbons (Fsp3) is 0.286. The lowest BCUT2D eigenvalue weighted by Gasteiger charge is -2.27. The highest BCUT2D eigenvalue weighted by molar-refractivity contribution is 5.83. The summed E-state index contributed by atoms with van der Waals surface area (Å²) in [6.45, 7) is 6.26. The molecule has 0 unspecified atom stereocenters. The van der Waals surface area contributed by atoms with E-state index in [1.54, 1.807) is 11.0 Å². The van der Waals surface area contributed by atoms with Crippen LogP contribution in [-0.2, 0) is 17.9 Å². The van der Waals surface area contributed by atoms with Gasteiger partial charge in [-0.25, -0.2) is 4.68 Å². The van der Waals surface area contributed by atoms with E-state index < -0.39 is 0 Å². The van der Waals surface area contributed by atoms with E-state index in [0.29, 0.717) is 11.9 Å². The number of carbonyl (C=O) groups is 1. The van der Waals surface area contributed by atoms with E-state index in [1.165, 1.54) is 4.68 Å². The molecule has 0 aliphatic carbocycles. The summed E-state index contributed by atoms with van der Waals surface area (Å²) < 4.78 is 1.28. The topological polar surface area (TPSA) is 55.2 Å². The molecule has 0 spiro atoms. The second kappa shape index (κ2) is 7.52. The van der Waals surface area contributed by atoms with Gasteiger partial charge in [0, 0.05) is 18.0 Å². The summed E-state index contributed by atoms with van der Waals surface area (Å²) in [5.74, 6) is -0.117. The summed E-state index contributed by atoms with van der Waals surface area (Å²) in [4.78, 5) is 27.4. The number of nitrogens with zero attached hydrogens (tertiary/aromatic N) is 3. The van der Waals surface area contributed by atoms with Gasteiger partial charge in [0.05, 0.1) is 11.1 Å².